The van der Waals surface area contributed by atoms with Crippen LogP contribution in [0.2, 0.25) is 0 Å². The fourth-order valence-corrected chi connectivity index (χ4v) is 1.98. The quantitative estimate of drug-likeness (QED) is 0.882. The normalized spacial score (nSPS) is 10.5. The molecule has 0 aliphatic heterocycles. The summed E-state index contributed by atoms with van der Waals surface area (Å²) in [5.74, 6) is 0.164. The van der Waals surface area contributed by atoms with Crippen LogP contribution >= 0.6 is 0 Å². The standard InChI is InChI=1S/C12H13NO4/c1-13-6-7(12(14)15)10-8(16-2)4-5-9(17-3)11(10)13/h4-6H,1-3H3,(H,14,15). The van der Waals surface area contributed by atoms with Crippen LogP contribution in [-0.4, -0.2) is 29.9 Å². The summed E-state index contributed by atoms with van der Waals surface area (Å²) in [4.78, 5) is 11.2. The lowest BCUT2D eigenvalue weighted by Crippen LogP contribution is -1.96. The van der Waals surface area contributed by atoms with Crippen molar-refractivity contribution in [3.63, 3.8) is 0 Å². The Kier molecular flexibility index (Phi) is 2.67. The molecule has 0 fully saturated rings. The van der Waals surface area contributed by atoms with Crippen LogP contribution in [0, 0.1) is 0 Å². The van der Waals surface area contributed by atoms with E-state index in [1.54, 1.807) is 37.1 Å². The van der Waals surface area contributed by atoms with Gasteiger partial charge < -0.3 is 19.1 Å². The van der Waals surface area contributed by atoms with Crippen molar-refractivity contribution in [3.05, 3.63) is 23.9 Å². The van der Waals surface area contributed by atoms with Crippen LogP contribution in [0.1, 0.15) is 10.4 Å². The Bertz CT molecular complexity index is 586. The Morgan fingerprint density at radius 1 is 1.24 bits per heavy atom. The van der Waals surface area contributed by atoms with E-state index in [0.717, 1.165) is 0 Å². The van der Waals surface area contributed by atoms with Gasteiger partial charge in [-0.15, -0.1) is 0 Å². The smallest absolute Gasteiger partial charge is 0.338 e. The third-order valence-electron chi connectivity index (χ3n) is 2.72. The Balaban J connectivity index is 2.92. The zero-order valence-electron chi connectivity index (χ0n) is 9.85. The average Bonchev–Trinajstić information content (AvgIpc) is 2.67. The lowest BCUT2D eigenvalue weighted by atomic mass is 10.1. The van der Waals surface area contributed by atoms with Crippen molar-refractivity contribution in [1.82, 2.24) is 4.57 Å². The maximum atomic E-state index is 11.2. The van der Waals surface area contributed by atoms with Crippen molar-refractivity contribution < 1.29 is 19.4 Å². The minimum atomic E-state index is -0.984. The summed E-state index contributed by atoms with van der Waals surface area (Å²) in [6.07, 6.45) is 1.55. The molecule has 0 bridgehead atoms. The molecule has 5 nitrogen and oxygen atoms in total. The summed E-state index contributed by atoms with van der Waals surface area (Å²) in [5.41, 5.74) is 0.919. The van der Waals surface area contributed by atoms with Crippen molar-refractivity contribution in [3.8, 4) is 11.5 Å². The van der Waals surface area contributed by atoms with E-state index in [2.05, 4.69) is 0 Å². The molecule has 1 aromatic carbocycles. The van der Waals surface area contributed by atoms with Crippen LogP contribution in [0.4, 0.5) is 0 Å². The van der Waals surface area contributed by atoms with Gasteiger partial charge >= 0.3 is 5.97 Å². The molecule has 0 aliphatic rings. The Hall–Kier alpha value is -2.17. The third-order valence-corrected chi connectivity index (χ3v) is 2.72. The molecule has 5 heteroatoms. The molecule has 0 saturated carbocycles. The highest BCUT2D eigenvalue weighted by atomic mass is 16.5. The largest absolute Gasteiger partial charge is 0.496 e. The van der Waals surface area contributed by atoms with Crippen LogP contribution < -0.4 is 9.47 Å². The molecule has 1 aromatic heterocycles. The predicted molar refractivity (Wildman–Crippen MR) is 63.0 cm³/mol. The first-order valence-electron chi connectivity index (χ1n) is 5.03. The number of aromatic carboxylic acids is 1. The van der Waals surface area contributed by atoms with Crippen LogP contribution in [0.25, 0.3) is 10.9 Å². The van der Waals surface area contributed by atoms with E-state index >= 15 is 0 Å². The first-order valence-corrected chi connectivity index (χ1v) is 5.03. The molecule has 0 saturated heterocycles. The van der Waals surface area contributed by atoms with Gasteiger partial charge in [-0.05, 0) is 12.1 Å². The number of fused-ring (bicyclic) bond motifs is 1. The van der Waals surface area contributed by atoms with Gasteiger partial charge in [0.1, 0.15) is 11.5 Å². The molecule has 2 aromatic rings. The van der Waals surface area contributed by atoms with Crippen LogP contribution in [0.3, 0.4) is 0 Å². The van der Waals surface area contributed by atoms with Crippen molar-refractivity contribution in [1.29, 1.82) is 0 Å². The van der Waals surface area contributed by atoms with E-state index in [1.807, 2.05) is 0 Å². The molecule has 90 valence electrons. The molecule has 0 amide bonds. The van der Waals surface area contributed by atoms with Gasteiger partial charge in [-0.1, -0.05) is 0 Å². The van der Waals surface area contributed by atoms with Crippen LogP contribution in [0.5, 0.6) is 11.5 Å². The topological polar surface area (TPSA) is 60.7 Å². The minimum absolute atomic E-state index is 0.207. The highest BCUT2D eigenvalue weighted by Crippen LogP contribution is 2.36. The second-order valence-corrected chi connectivity index (χ2v) is 3.65. The number of carboxylic acids is 1. The maximum absolute atomic E-state index is 11.2. The number of rotatable bonds is 3. The summed E-state index contributed by atoms with van der Waals surface area (Å²) < 4.78 is 12.2. The number of hydrogen-bond acceptors (Lipinski definition) is 3. The highest BCUT2D eigenvalue weighted by molar-refractivity contribution is 6.08. The average molecular weight is 235 g/mol. The van der Waals surface area contributed by atoms with Gasteiger partial charge in [0.05, 0.1) is 30.7 Å². The van der Waals surface area contributed by atoms with Gasteiger partial charge in [-0.25, -0.2) is 4.79 Å². The number of nitrogens with zero attached hydrogens (tertiary/aromatic N) is 1. The molecule has 2 rings (SSSR count). The first kappa shape index (κ1) is 11.3. The van der Waals surface area contributed by atoms with Crippen LogP contribution in [0.15, 0.2) is 18.3 Å². The minimum Gasteiger partial charge on any atom is -0.496 e. The molecule has 0 unspecified atom stereocenters. The summed E-state index contributed by atoms with van der Waals surface area (Å²) >= 11 is 0. The van der Waals surface area contributed by atoms with Gasteiger partial charge in [0.25, 0.3) is 0 Å². The number of hydrogen-bond donors (Lipinski definition) is 1. The maximum Gasteiger partial charge on any atom is 0.338 e. The molecule has 0 aliphatic carbocycles. The Labute approximate surface area is 98.2 Å². The second-order valence-electron chi connectivity index (χ2n) is 3.65. The van der Waals surface area contributed by atoms with E-state index in [9.17, 15) is 9.90 Å². The monoisotopic (exact) mass is 235 g/mol. The van der Waals surface area contributed by atoms with E-state index in [4.69, 9.17) is 9.47 Å². The molecule has 1 N–H and O–H groups in total. The summed E-state index contributed by atoms with van der Waals surface area (Å²) in [7, 11) is 4.84. The van der Waals surface area contributed by atoms with Crippen molar-refractivity contribution >= 4 is 16.9 Å². The van der Waals surface area contributed by atoms with Crippen molar-refractivity contribution in [2.45, 2.75) is 0 Å². The zero-order valence-corrected chi connectivity index (χ0v) is 9.85. The molecule has 0 radical (unpaired) electrons. The number of benzene rings is 1. The summed E-state index contributed by atoms with van der Waals surface area (Å²) in [5, 5.41) is 9.73. The van der Waals surface area contributed by atoms with Crippen molar-refractivity contribution in [2.75, 3.05) is 14.2 Å². The number of aryl methyl sites for hydroxylation is 1. The van der Waals surface area contributed by atoms with Gasteiger partial charge in [0.15, 0.2) is 0 Å². The van der Waals surface area contributed by atoms with E-state index < -0.39 is 5.97 Å². The summed E-state index contributed by atoms with van der Waals surface area (Å²) in [6, 6.07) is 3.46. The molecular weight excluding hydrogens is 222 g/mol. The fraction of sp³-hybridized carbons (Fsp3) is 0.250. The van der Waals surface area contributed by atoms with Gasteiger partial charge in [0.2, 0.25) is 0 Å². The Morgan fingerprint density at radius 2 is 1.82 bits per heavy atom. The van der Waals surface area contributed by atoms with Crippen LogP contribution in [-0.2, 0) is 7.05 Å². The predicted octanol–water partition coefficient (Wildman–Crippen LogP) is 1.89. The number of ether oxygens (including phenoxy) is 2. The molecule has 0 spiro atoms. The molecule has 1 heterocycles. The van der Waals surface area contributed by atoms with Gasteiger partial charge in [0, 0.05) is 13.2 Å². The number of aromatic nitrogens is 1. The van der Waals surface area contributed by atoms with E-state index in [-0.39, 0.29) is 5.56 Å². The van der Waals surface area contributed by atoms with Gasteiger partial charge in [-0.3, -0.25) is 0 Å². The Morgan fingerprint density at radius 3 is 2.35 bits per heavy atom. The van der Waals surface area contributed by atoms with E-state index in [1.165, 1.54) is 7.11 Å². The van der Waals surface area contributed by atoms with Gasteiger partial charge in [-0.2, -0.15) is 0 Å². The second kappa shape index (κ2) is 4.01. The highest BCUT2D eigenvalue weighted by Gasteiger charge is 2.19. The number of carbonyl (C=O) groups is 1. The molecule has 0 atom stereocenters. The van der Waals surface area contributed by atoms with Crippen molar-refractivity contribution in [2.24, 2.45) is 7.05 Å². The number of methoxy groups -OCH3 is 2. The lowest BCUT2D eigenvalue weighted by molar-refractivity contribution is 0.0698. The molecule has 17 heavy (non-hydrogen) atoms. The zero-order chi connectivity index (χ0) is 12.6. The third kappa shape index (κ3) is 1.60. The summed E-state index contributed by atoms with van der Waals surface area (Å²) in [6.45, 7) is 0. The fourth-order valence-electron chi connectivity index (χ4n) is 1.98. The molecular formula is C12H13NO4. The number of carboxylic acid groups (broad SMARTS) is 1. The van der Waals surface area contributed by atoms with E-state index in [0.29, 0.717) is 22.4 Å². The first-order chi connectivity index (χ1) is 8.10. The lowest BCUT2D eigenvalue weighted by Gasteiger charge is -2.08. The SMILES string of the molecule is COc1ccc(OC)c2c1c(C(=O)O)cn2C.